The van der Waals surface area contributed by atoms with E-state index in [-0.39, 0.29) is 0 Å². The van der Waals surface area contributed by atoms with Crippen LogP contribution in [0.15, 0.2) is 54.7 Å². The van der Waals surface area contributed by atoms with Crippen molar-refractivity contribution in [3.63, 3.8) is 0 Å². The van der Waals surface area contributed by atoms with Crippen LogP contribution in [-0.4, -0.2) is 24.4 Å². The van der Waals surface area contributed by atoms with Gasteiger partial charge in [0.2, 0.25) is 0 Å². The van der Waals surface area contributed by atoms with Crippen LogP contribution in [-0.2, 0) is 4.79 Å². The molecular weight excluding hydrogens is 408 g/mol. The fourth-order valence-electron chi connectivity index (χ4n) is 4.97. The molecule has 0 spiro atoms. The van der Waals surface area contributed by atoms with Crippen molar-refractivity contribution in [1.29, 1.82) is 0 Å². The lowest BCUT2D eigenvalue weighted by Crippen LogP contribution is -2.26. The Morgan fingerprint density at radius 2 is 1.73 bits per heavy atom. The van der Waals surface area contributed by atoms with Gasteiger partial charge >= 0.3 is 0 Å². The highest BCUT2D eigenvalue weighted by molar-refractivity contribution is 5.80. The third-order valence-corrected chi connectivity index (χ3v) is 6.58. The number of aromatic nitrogens is 1. The molecule has 3 heterocycles. The SMILES string of the molecule is Cc1cc(C)cc(-c2cc3c(c(Nc4ccc(C5CCNCC5)cc4)n2)C(C=O)NC=C3)c1. The van der Waals surface area contributed by atoms with E-state index in [1.807, 2.05) is 12.3 Å². The Kier molecular flexibility index (Phi) is 5.97. The lowest BCUT2D eigenvalue weighted by atomic mass is 9.90. The number of anilines is 2. The first-order valence-corrected chi connectivity index (χ1v) is 11.7. The lowest BCUT2D eigenvalue weighted by Gasteiger charge is -2.24. The second kappa shape index (κ2) is 9.20. The van der Waals surface area contributed by atoms with Crippen molar-refractivity contribution < 1.29 is 4.79 Å². The second-order valence-corrected chi connectivity index (χ2v) is 9.12. The molecule has 168 valence electrons. The van der Waals surface area contributed by atoms with E-state index >= 15 is 0 Å². The largest absolute Gasteiger partial charge is 0.378 e. The van der Waals surface area contributed by atoms with Crippen molar-refractivity contribution >= 4 is 23.9 Å². The topological polar surface area (TPSA) is 66.0 Å². The number of carbonyl (C=O) groups is 1. The number of nitrogens with zero attached hydrogens (tertiary/aromatic N) is 1. The highest BCUT2D eigenvalue weighted by Crippen LogP contribution is 2.35. The molecule has 2 aromatic carbocycles. The van der Waals surface area contributed by atoms with Crippen molar-refractivity contribution in [3.8, 4) is 11.3 Å². The standard InChI is InChI=1S/C28H30N4O/c1-18-13-19(2)15-23(14-18)25-16-22-9-12-30-26(17-33)27(22)28(32-25)31-24-5-3-20(4-6-24)21-7-10-29-11-8-21/h3-6,9,12-17,21,26,29-30H,7-8,10-11H2,1-2H3,(H,31,32). The van der Waals surface area contributed by atoms with E-state index < -0.39 is 6.04 Å². The molecule has 0 aliphatic carbocycles. The van der Waals surface area contributed by atoms with Gasteiger partial charge in [-0.15, -0.1) is 0 Å². The highest BCUT2D eigenvalue weighted by Gasteiger charge is 2.23. The van der Waals surface area contributed by atoms with Crippen LogP contribution in [0.3, 0.4) is 0 Å². The Morgan fingerprint density at radius 1 is 1.00 bits per heavy atom. The van der Waals surface area contributed by atoms with Gasteiger partial charge in [0, 0.05) is 16.8 Å². The van der Waals surface area contributed by atoms with Gasteiger partial charge in [0.05, 0.1) is 5.69 Å². The first kappa shape index (κ1) is 21.4. The normalized spacial score (nSPS) is 17.8. The Balaban J connectivity index is 1.52. The number of piperidine rings is 1. The number of hydrogen-bond donors (Lipinski definition) is 3. The minimum atomic E-state index is -0.428. The molecule has 2 aliphatic rings. The molecule has 1 fully saturated rings. The molecule has 33 heavy (non-hydrogen) atoms. The van der Waals surface area contributed by atoms with E-state index in [9.17, 15) is 4.79 Å². The van der Waals surface area contributed by atoms with Crippen LogP contribution in [0.2, 0.25) is 0 Å². The fourth-order valence-corrected chi connectivity index (χ4v) is 4.97. The van der Waals surface area contributed by atoms with Gasteiger partial charge in [-0.05, 0) is 99.4 Å². The Bertz CT molecular complexity index is 1170. The number of nitrogens with one attached hydrogen (secondary N) is 3. The molecule has 2 aliphatic heterocycles. The monoisotopic (exact) mass is 438 g/mol. The zero-order valence-electron chi connectivity index (χ0n) is 19.2. The van der Waals surface area contributed by atoms with E-state index in [1.54, 1.807) is 0 Å². The molecule has 1 unspecified atom stereocenters. The van der Waals surface area contributed by atoms with Gasteiger partial charge in [-0.25, -0.2) is 4.98 Å². The van der Waals surface area contributed by atoms with Crippen LogP contribution in [0.5, 0.6) is 0 Å². The molecule has 3 aromatic rings. The first-order valence-electron chi connectivity index (χ1n) is 11.7. The maximum absolute atomic E-state index is 11.8. The molecule has 0 saturated carbocycles. The summed E-state index contributed by atoms with van der Waals surface area (Å²) in [5.41, 5.74) is 8.62. The number of fused-ring (bicyclic) bond motifs is 1. The Labute approximate surface area is 195 Å². The summed E-state index contributed by atoms with van der Waals surface area (Å²) in [4.78, 5) is 16.8. The van der Waals surface area contributed by atoms with Crippen LogP contribution >= 0.6 is 0 Å². The summed E-state index contributed by atoms with van der Waals surface area (Å²) in [6, 6.07) is 16.8. The molecule has 0 amide bonds. The minimum absolute atomic E-state index is 0.428. The van der Waals surface area contributed by atoms with Crippen molar-refractivity contribution in [2.75, 3.05) is 18.4 Å². The van der Waals surface area contributed by atoms with Gasteiger partial charge in [0.25, 0.3) is 0 Å². The van der Waals surface area contributed by atoms with Gasteiger partial charge in [0.15, 0.2) is 0 Å². The van der Waals surface area contributed by atoms with Crippen LogP contribution in [0.4, 0.5) is 11.5 Å². The number of benzene rings is 2. The average molecular weight is 439 g/mol. The van der Waals surface area contributed by atoms with Gasteiger partial charge in [-0.2, -0.15) is 0 Å². The maximum atomic E-state index is 11.8. The van der Waals surface area contributed by atoms with Crippen molar-refractivity contribution in [1.82, 2.24) is 15.6 Å². The molecule has 0 bridgehead atoms. The molecule has 1 atom stereocenters. The van der Waals surface area contributed by atoms with Gasteiger partial charge in [0.1, 0.15) is 18.1 Å². The van der Waals surface area contributed by atoms with Crippen LogP contribution in [0.1, 0.15) is 52.6 Å². The summed E-state index contributed by atoms with van der Waals surface area (Å²) in [5.74, 6) is 1.33. The number of pyridine rings is 1. The Hall–Kier alpha value is -3.44. The molecular formula is C28H30N4O. The predicted octanol–water partition coefficient (Wildman–Crippen LogP) is 5.39. The van der Waals surface area contributed by atoms with Crippen LogP contribution in [0.25, 0.3) is 17.3 Å². The lowest BCUT2D eigenvalue weighted by molar-refractivity contribution is -0.109. The molecule has 5 heteroatoms. The zero-order valence-corrected chi connectivity index (χ0v) is 19.2. The van der Waals surface area contributed by atoms with Crippen molar-refractivity contribution in [2.45, 2.75) is 38.6 Å². The third kappa shape index (κ3) is 4.55. The summed E-state index contributed by atoms with van der Waals surface area (Å²) >= 11 is 0. The van der Waals surface area contributed by atoms with Crippen LogP contribution in [0, 0.1) is 13.8 Å². The van der Waals surface area contributed by atoms with Crippen LogP contribution < -0.4 is 16.0 Å². The summed E-state index contributed by atoms with van der Waals surface area (Å²) in [5, 5.41) is 10.1. The van der Waals surface area contributed by atoms with E-state index in [4.69, 9.17) is 4.98 Å². The van der Waals surface area contributed by atoms with Crippen molar-refractivity contribution in [3.05, 3.63) is 82.5 Å². The van der Waals surface area contributed by atoms with E-state index in [0.29, 0.717) is 11.7 Å². The molecule has 5 rings (SSSR count). The molecule has 5 nitrogen and oxygen atoms in total. The second-order valence-electron chi connectivity index (χ2n) is 9.12. The van der Waals surface area contributed by atoms with E-state index in [0.717, 1.165) is 47.4 Å². The van der Waals surface area contributed by atoms with Crippen molar-refractivity contribution in [2.24, 2.45) is 0 Å². The number of hydrogen-bond acceptors (Lipinski definition) is 5. The van der Waals surface area contributed by atoms with Gasteiger partial charge < -0.3 is 20.7 Å². The fraction of sp³-hybridized carbons (Fsp3) is 0.286. The number of aldehydes is 1. The maximum Gasteiger partial charge on any atom is 0.146 e. The quantitative estimate of drug-likeness (QED) is 0.466. The molecule has 1 saturated heterocycles. The molecule has 3 N–H and O–H groups in total. The predicted molar refractivity (Wildman–Crippen MR) is 135 cm³/mol. The summed E-state index contributed by atoms with van der Waals surface area (Å²) in [6.45, 7) is 6.37. The first-order chi connectivity index (χ1) is 16.1. The molecule has 0 radical (unpaired) electrons. The van der Waals surface area contributed by atoms with Gasteiger partial charge in [-0.1, -0.05) is 29.3 Å². The Morgan fingerprint density at radius 3 is 2.42 bits per heavy atom. The highest BCUT2D eigenvalue weighted by atomic mass is 16.1. The number of carbonyl (C=O) groups excluding carboxylic acids is 1. The zero-order chi connectivity index (χ0) is 22.8. The molecule has 1 aromatic heterocycles. The number of rotatable bonds is 5. The number of aryl methyl sites for hydroxylation is 2. The van der Waals surface area contributed by atoms with E-state index in [2.05, 4.69) is 78.3 Å². The summed E-state index contributed by atoms with van der Waals surface area (Å²) in [6.07, 6.45) is 7.14. The average Bonchev–Trinajstić information content (AvgIpc) is 2.84. The summed E-state index contributed by atoms with van der Waals surface area (Å²) in [7, 11) is 0. The summed E-state index contributed by atoms with van der Waals surface area (Å²) < 4.78 is 0. The van der Waals surface area contributed by atoms with E-state index in [1.165, 1.54) is 29.5 Å². The third-order valence-electron chi connectivity index (χ3n) is 6.58. The minimum Gasteiger partial charge on any atom is -0.378 e. The van der Waals surface area contributed by atoms with Gasteiger partial charge in [-0.3, -0.25) is 0 Å². The smallest absolute Gasteiger partial charge is 0.146 e.